The fourth-order valence-corrected chi connectivity index (χ4v) is 3.62. The number of ether oxygens (including phenoxy) is 2. The van der Waals surface area contributed by atoms with E-state index in [1.54, 1.807) is 0 Å². The van der Waals surface area contributed by atoms with Crippen LogP contribution in [0.2, 0.25) is 0 Å². The quantitative estimate of drug-likeness (QED) is 0.651. The van der Waals surface area contributed by atoms with Crippen LogP contribution in [-0.4, -0.2) is 18.6 Å². The Labute approximate surface area is 168 Å². The third-order valence-electron chi connectivity index (χ3n) is 5.23. The van der Waals surface area contributed by atoms with Crippen LogP contribution in [0.3, 0.4) is 0 Å². The van der Waals surface area contributed by atoms with E-state index in [0.29, 0.717) is 18.8 Å². The fraction of sp³-hybridized carbons (Fsp3) is 0.458. The average Bonchev–Trinajstić information content (AvgIpc) is 2.97. The molecule has 0 spiro atoms. The van der Waals surface area contributed by atoms with E-state index in [1.807, 2.05) is 56.3 Å². The van der Waals surface area contributed by atoms with Crippen molar-refractivity contribution in [1.29, 1.82) is 0 Å². The van der Waals surface area contributed by atoms with Crippen molar-refractivity contribution in [2.24, 2.45) is 0 Å². The van der Waals surface area contributed by atoms with Crippen molar-refractivity contribution in [3.05, 3.63) is 59.2 Å². The van der Waals surface area contributed by atoms with E-state index < -0.39 is 0 Å². The van der Waals surface area contributed by atoms with Gasteiger partial charge in [-0.2, -0.15) is 0 Å². The first kappa shape index (κ1) is 20.2. The van der Waals surface area contributed by atoms with Crippen molar-refractivity contribution >= 4 is 5.91 Å². The van der Waals surface area contributed by atoms with Gasteiger partial charge in [0.25, 0.3) is 5.91 Å². The molecule has 4 nitrogen and oxygen atoms in total. The number of rotatable bonds is 7. The van der Waals surface area contributed by atoms with Crippen LogP contribution in [0, 0.1) is 6.92 Å². The summed E-state index contributed by atoms with van der Waals surface area (Å²) < 4.78 is 11.7. The highest BCUT2D eigenvalue weighted by molar-refractivity contribution is 5.94. The molecule has 4 heteroatoms. The van der Waals surface area contributed by atoms with Crippen LogP contribution in [0.4, 0.5) is 0 Å². The van der Waals surface area contributed by atoms with Crippen LogP contribution in [0.1, 0.15) is 66.9 Å². The van der Waals surface area contributed by atoms with Gasteiger partial charge in [-0.05, 0) is 57.0 Å². The second-order valence-electron chi connectivity index (χ2n) is 7.52. The summed E-state index contributed by atoms with van der Waals surface area (Å²) in [7, 11) is 0. The highest BCUT2D eigenvalue weighted by atomic mass is 16.5. The summed E-state index contributed by atoms with van der Waals surface area (Å²) in [5.41, 5.74) is 2.74. The molecule has 0 bridgehead atoms. The number of carbonyl (C=O) groups excluding carboxylic acids is 1. The molecule has 1 N–H and O–H groups in total. The molecular formula is C24H31NO3. The summed E-state index contributed by atoms with van der Waals surface area (Å²) in [6, 6.07) is 13.9. The van der Waals surface area contributed by atoms with Crippen molar-refractivity contribution < 1.29 is 14.3 Å². The predicted octanol–water partition coefficient (Wildman–Crippen LogP) is 5.43. The number of nitrogens with one attached hydrogen (secondary N) is 1. The summed E-state index contributed by atoms with van der Waals surface area (Å²) in [4.78, 5) is 12.8. The topological polar surface area (TPSA) is 47.6 Å². The molecule has 2 aromatic carbocycles. The molecule has 0 radical (unpaired) electrons. The minimum Gasteiger partial charge on any atom is -0.493 e. The molecule has 0 aromatic heterocycles. The molecule has 1 amide bonds. The zero-order valence-electron chi connectivity index (χ0n) is 17.0. The number of amides is 1. The summed E-state index contributed by atoms with van der Waals surface area (Å²) in [5, 5.41) is 3.21. The molecule has 0 unspecified atom stereocenters. The molecule has 0 saturated heterocycles. The summed E-state index contributed by atoms with van der Waals surface area (Å²) in [5.74, 6) is 1.56. The predicted molar refractivity (Wildman–Crippen MR) is 112 cm³/mol. The second-order valence-corrected chi connectivity index (χ2v) is 7.52. The molecule has 1 aliphatic rings. The van der Waals surface area contributed by atoms with E-state index in [-0.39, 0.29) is 11.9 Å². The van der Waals surface area contributed by atoms with Crippen LogP contribution < -0.4 is 14.8 Å². The zero-order chi connectivity index (χ0) is 19.8. The van der Waals surface area contributed by atoms with Crippen molar-refractivity contribution in [3.63, 3.8) is 0 Å². The van der Waals surface area contributed by atoms with Gasteiger partial charge in [0, 0.05) is 17.2 Å². The van der Waals surface area contributed by atoms with E-state index >= 15 is 0 Å². The van der Waals surface area contributed by atoms with Gasteiger partial charge in [0.2, 0.25) is 0 Å². The normalized spacial score (nSPS) is 14.9. The van der Waals surface area contributed by atoms with Gasteiger partial charge in [-0.1, -0.05) is 43.4 Å². The number of hydrogen-bond donors (Lipinski definition) is 1. The second kappa shape index (κ2) is 10.2. The Bertz CT molecular complexity index is 762. The van der Waals surface area contributed by atoms with Gasteiger partial charge in [0.1, 0.15) is 18.1 Å². The molecule has 28 heavy (non-hydrogen) atoms. The molecule has 150 valence electrons. The van der Waals surface area contributed by atoms with Crippen molar-refractivity contribution in [2.45, 2.75) is 65.0 Å². The van der Waals surface area contributed by atoms with Gasteiger partial charge in [-0.3, -0.25) is 4.79 Å². The zero-order valence-corrected chi connectivity index (χ0v) is 17.0. The number of aryl methyl sites for hydroxylation is 1. The Kier molecular flexibility index (Phi) is 7.35. The Hall–Kier alpha value is -2.49. The number of carbonyl (C=O) groups is 1. The summed E-state index contributed by atoms with van der Waals surface area (Å²) in [6.07, 6.45) is 7.10. The first-order chi connectivity index (χ1) is 13.7. The van der Waals surface area contributed by atoms with Gasteiger partial charge < -0.3 is 14.8 Å². The van der Waals surface area contributed by atoms with Crippen LogP contribution in [-0.2, 0) is 6.61 Å². The lowest BCUT2D eigenvalue weighted by Crippen LogP contribution is -2.34. The maximum Gasteiger partial charge on any atom is 0.251 e. The van der Waals surface area contributed by atoms with E-state index in [0.717, 1.165) is 29.9 Å². The van der Waals surface area contributed by atoms with Crippen LogP contribution in [0.25, 0.3) is 0 Å². The Balaban J connectivity index is 1.70. The van der Waals surface area contributed by atoms with Gasteiger partial charge >= 0.3 is 0 Å². The van der Waals surface area contributed by atoms with Gasteiger partial charge in [-0.25, -0.2) is 0 Å². The molecule has 0 heterocycles. The number of hydrogen-bond acceptors (Lipinski definition) is 3. The summed E-state index contributed by atoms with van der Waals surface area (Å²) >= 11 is 0. The van der Waals surface area contributed by atoms with Crippen LogP contribution in [0.15, 0.2) is 42.5 Å². The first-order valence-corrected chi connectivity index (χ1v) is 10.4. The maximum absolute atomic E-state index is 12.8. The Morgan fingerprint density at radius 2 is 1.71 bits per heavy atom. The highest BCUT2D eigenvalue weighted by Gasteiger charge is 2.17. The van der Waals surface area contributed by atoms with Crippen molar-refractivity contribution in [1.82, 2.24) is 5.32 Å². The maximum atomic E-state index is 12.8. The molecule has 0 aliphatic heterocycles. The first-order valence-electron chi connectivity index (χ1n) is 10.4. The Morgan fingerprint density at radius 3 is 2.39 bits per heavy atom. The van der Waals surface area contributed by atoms with Crippen LogP contribution >= 0.6 is 0 Å². The number of benzene rings is 2. The molecule has 1 saturated carbocycles. The summed E-state index contributed by atoms with van der Waals surface area (Å²) in [6.45, 7) is 4.94. The lowest BCUT2D eigenvalue weighted by atomic mass is 10.1. The van der Waals surface area contributed by atoms with E-state index in [2.05, 4.69) is 5.32 Å². The minimum atomic E-state index is -0.00784. The molecule has 3 rings (SSSR count). The SMILES string of the molecule is CCOc1ccc(C(=O)NC2CCCCCC2)cc1COc1ccc(C)cc1. The van der Waals surface area contributed by atoms with Crippen LogP contribution in [0.5, 0.6) is 11.5 Å². The van der Waals surface area contributed by atoms with E-state index in [9.17, 15) is 4.79 Å². The highest BCUT2D eigenvalue weighted by Crippen LogP contribution is 2.24. The lowest BCUT2D eigenvalue weighted by Gasteiger charge is -2.17. The lowest BCUT2D eigenvalue weighted by molar-refractivity contribution is 0.0933. The van der Waals surface area contributed by atoms with E-state index in [4.69, 9.17) is 9.47 Å². The van der Waals surface area contributed by atoms with Crippen molar-refractivity contribution in [2.75, 3.05) is 6.61 Å². The third kappa shape index (κ3) is 5.75. The molecule has 1 fully saturated rings. The van der Waals surface area contributed by atoms with Gasteiger partial charge in [-0.15, -0.1) is 0 Å². The molecular weight excluding hydrogens is 350 g/mol. The average molecular weight is 382 g/mol. The monoisotopic (exact) mass is 381 g/mol. The molecule has 2 aromatic rings. The third-order valence-corrected chi connectivity index (χ3v) is 5.23. The Morgan fingerprint density at radius 1 is 1.00 bits per heavy atom. The molecule has 0 atom stereocenters. The standard InChI is InChI=1S/C24H31NO3/c1-3-27-23-15-12-19(24(26)25-21-8-6-4-5-7-9-21)16-20(23)17-28-22-13-10-18(2)11-14-22/h10-16,21H,3-9,17H2,1-2H3,(H,25,26). The largest absolute Gasteiger partial charge is 0.493 e. The minimum absolute atomic E-state index is 0.00784. The van der Waals surface area contributed by atoms with Gasteiger partial charge in [0.15, 0.2) is 0 Å². The van der Waals surface area contributed by atoms with Crippen molar-refractivity contribution in [3.8, 4) is 11.5 Å². The van der Waals surface area contributed by atoms with Gasteiger partial charge in [0.05, 0.1) is 6.61 Å². The smallest absolute Gasteiger partial charge is 0.251 e. The molecule has 1 aliphatic carbocycles. The fourth-order valence-electron chi connectivity index (χ4n) is 3.62. The van der Waals surface area contributed by atoms with E-state index in [1.165, 1.54) is 31.2 Å².